The van der Waals surface area contributed by atoms with E-state index in [0.717, 1.165) is 39.5 Å². The number of hydrogen-bond acceptors (Lipinski definition) is 5. The van der Waals surface area contributed by atoms with Crippen molar-refractivity contribution in [3.63, 3.8) is 0 Å². The Morgan fingerprint density at radius 2 is 1.91 bits per heavy atom. The van der Waals surface area contributed by atoms with Gasteiger partial charge in [-0.3, -0.25) is 14.4 Å². The van der Waals surface area contributed by atoms with Crippen molar-refractivity contribution in [1.29, 1.82) is 0 Å². The second-order valence-electron chi connectivity index (χ2n) is 7.42. The van der Waals surface area contributed by atoms with Gasteiger partial charge in [-0.1, -0.05) is 29.8 Å². The zero-order valence-electron chi connectivity index (χ0n) is 17.9. The van der Waals surface area contributed by atoms with E-state index in [1.807, 2.05) is 35.0 Å². The maximum Gasteiger partial charge on any atom is 0.298 e. The number of ether oxygens (including phenoxy) is 1. The second kappa shape index (κ2) is 10.2. The maximum atomic E-state index is 13.0. The van der Waals surface area contributed by atoms with Gasteiger partial charge >= 0.3 is 0 Å². The van der Waals surface area contributed by atoms with E-state index in [1.165, 1.54) is 0 Å². The number of aromatic nitrogens is 1. The van der Waals surface area contributed by atoms with Crippen molar-refractivity contribution < 1.29 is 19.1 Å². The van der Waals surface area contributed by atoms with Crippen LogP contribution in [0.5, 0.6) is 0 Å². The van der Waals surface area contributed by atoms with Gasteiger partial charge in [0.1, 0.15) is 6.54 Å². The molecule has 2 aromatic carbocycles. The van der Waals surface area contributed by atoms with Crippen LogP contribution in [0, 0.1) is 0 Å². The van der Waals surface area contributed by atoms with E-state index in [1.54, 1.807) is 37.5 Å². The fourth-order valence-corrected chi connectivity index (χ4v) is 4.56. The van der Waals surface area contributed by atoms with Crippen molar-refractivity contribution in [1.82, 2.24) is 9.88 Å². The third-order valence-corrected chi connectivity index (χ3v) is 6.27. The zero-order chi connectivity index (χ0) is 23.4. The first-order valence-electron chi connectivity index (χ1n) is 10.3. The lowest BCUT2D eigenvalue weighted by Gasteiger charge is -2.12. The molecule has 2 heterocycles. The summed E-state index contributed by atoms with van der Waals surface area (Å²) in [5.74, 6) is -0.499. The molecule has 1 aliphatic heterocycles. The Labute approximate surface area is 200 Å². The van der Waals surface area contributed by atoms with Gasteiger partial charge in [-0.2, -0.15) is 0 Å². The van der Waals surface area contributed by atoms with Gasteiger partial charge in [-0.05, 0) is 54.6 Å². The SMILES string of the molecule is COCCCNC(=O)Cn1cc(/C=C2\SC(=O)N(c3ccc(Cl)cc3)C2=O)c2ccccc21. The summed E-state index contributed by atoms with van der Waals surface area (Å²) in [5.41, 5.74) is 2.10. The Kier molecular flexibility index (Phi) is 7.17. The average Bonchev–Trinajstić information content (AvgIpc) is 3.28. The van der Waals surface area contributed by atoms with E-state index in [4.69, 9.17) is 16.3 Å². The molecule has 1 aliphatic rings. The monoisotopic (exact) mass is 483 g/mol. The smallest absolute Gasteiger partial charge is 0.298 e. The summed E-state index contributed by atoms with van der Waals surface area (Å²) in [4.78, 5) is 39.4. The summed E-state index contributed by atoms with van der Waals surface area (Å²) < 4.78 is 6.84. The quantitative estimate of drug-likeness (QED) is 0.371. The molecular formula is C24H22ClN3O4S. The minimum absolute atomic E-state index is 0.110. The summed E-state index contributed by atoms with van der Waals surface area (Å²) in [7, 11) is 1.62. The number of rotatable bonds is 8. The fourth-order valence-electron chi connectivity index (χ4n) is 3.60. The molecule has 0 radical (unpaired) electrons. The standard InChI is InChI=1S/C24H22ClN3O4S/c1-32-12-4-11-26-22(29)15-27-14-16(19-5-2-3-6-20(19)27)13-21-23(30)28(24(31)33-21)18-9-7-17(25)8-10-18/h2-3,5-10,13-14H,4,11-12,15H2,1H3,(H,26,29)/b21-13-. The van der Waals surface area contributed by atoms with Crippen LogP contribution < -0.4 is 10.2 Å². The van der Waals surface area contributed by atoms with Crippen LogP contribution in [-0.4, -0.2) is 41.9 Å². The third-order valence-electron chi connectivity index (χ3n) is 5.15. The molecule has 3 aromatic rings. The molecule has 1 N–H and O–H groups in total. The van der Waals surface area contributed by atoms with Crippen molar-refractivity contribution in [2.24, 2.45) is 0 Å². The number of thioether (sulfide) groups is 1. The highest BCUT2D eigenvalue weighted by molar-refractivity contribution is 8.19. The largest absolute Gasteiger partial charge is 0.385 e. The number of amides is 3. The number of hydrogen-bond donors (Lipinski definition) is 1. The van der Waals surface area contributed by atoms with Crippen LogP contribution in [0.15, 0.2) is 59.6 Å². The van der Waals surface area contributed by atoms with Crippen LogP contribution in [0.2, 0.25) is 5.02 Å². The van der Waals surface area contributed by atoms with Crippen LogP contribution >= 0.6 is 23.4 Å². The normalized spacial score (nSPS) is 15.1. The molecule has 0 unspecified atom stereocenters. The first-order valence-corrected chi connectivity index (χ1v) is 11.5. The van der Waals surface area contributed by atoms with Crippen molar-refractivity contribution in [3.05, 3.63) is 70.2 Å². The summed E-state index contributed by atoms with van der Waals surface area (Å²) >= 11 is 6.81. The molecule has 7 nitrogen and oxygen atoms in total. The van der Waals surface area contributed by atoms with Crippen LogP contribution in [0.4, 0.5) is 10.5 Å². The molecule has 1 fully saturated rings. The van der Waals surface area contributed by atoms with Gasteiger partial charge in [-0.15, -0.1) is 0 Å². The Hall–Kier alpha value is -3.07. The number of para-hydroxylation sites is 1. The second-order valence-corrected chi connectivity index (χ2v) is 8.85. The van der Waals surface area contributed by atoms with Gasteiger partial charge in [0, 0.05) is 47.9 Å². The summed E-state index contributed by atoms with van der Waals surface area (Å²) in [6.45, 7) is 1.27. The lowest BCUT2D eigenvalue weighted by atomic mass is 10.1. The van der Waals surface area contributed by atoms with E-state index in [9.17, 15) is 14.4 Å². The number of benzene rings is 2. The van der Waals surface area contributed by atoms with E-state index in [0.29, 0.717) is 28.8 Å². The molecule has 4 rings (SSSR count). The van der Waals surface area contributed by atoms with Crippen molar-refractivity contribution >= 4 is 63.1 Å². The minimum Gasteiger partial charge on any atom is -0.385 e. The van der Waals surface area contributed by atoms with Crippen molar-refractivity contribution in [3.8, 4) is 0 Å². The molecule has 0 spiro atoms. The van der Waals surface area contributed by atoms with Gasteiger partial charge in [0.05, 0.1) is 10.6 Å². The lowest BCUT2D eigenvalue weighted by Crippen LogP contribution is -2.28. The lowest BCUT2D eigenvalue weighted by molar-refractivity contribution is -0.121. The van der Waals surface area contributed by atoms with Crippen LogP contribution in [0.1, 0.15) is 12.0 Å². The van der Waals surface area contributed by atoms with E-state index in [2.05, 4.69) is 5.32 Å². The molecule has 170 valence electrons. The van der Waals surface area contributed by atoms with Gasteiger partial charge in [-0.25, -0.2) is 4.90 Å². The van der Waals surface area contributed by atoms with Gasteiger partial charge in [0.15, 0.2) is 0 Å². The van der Waals surface area contributed by atoms with Gasteiger partial charge in [0.2, 0.25) is 5.91 Å². The zero-order valence-corrected chi connectivity index (χ0v) is 19.5. The Balaban J connectivity index is 1.58. The Bertz CT molecular complexity index is 1240. The molecule has 0 bridgehead atoms. The third kappa shape index (κ3) is 5.13. The van der Waals surface area contributed by atoms with Crippen LogP contribution in [-0.2, 0) is 20.9 Å². The van der Waals surface area contributed by atoms with E-state index < -0.39 is 0 Å². The maximum absolute atomic E-state index is 13.0. The van der Waals surface area contributed by atoms with Crippen LogP contribution in [0.3, 0.4) is 0 Å². The number of nitrogens with zero attached hydrogens (tertiary/aromatic N) is 2. The van der Waals surface area contributed by atoms with Crippen molar-refractivity contribution in [2.75, 3.05) is 25.2 Å². The molecule has 9 heteroatoms. The van der Waals surface area contributed by atoms with E-state index in [-0.39, 0.29) is 23.6 Å². The summed E-state index contributed by atoms with van der Waals surface area (Å²) in [5, 5.41) is 3.93. The van der Waals surface area contributed by atoms with Gasteiger partial charge in [0.25, 0.3) is 11.1 Å². The average molecular weight is 484 g/mol. The molecule has 0 saturated carbocycles. The van der Waals surface area contributed by atoms with Crippen LogP contribution in [0.25, 0.3) is 17.0 Å². The Morgan fingerprint density at radius 3 is 2.67 bits per heavy atom. The molecule has 33 heavy (non-hydrogen) atoms. The van der Waals surface area contributed by atoms with Gasteiger partial charge < -0.3 is 14.6 Å². The molecular weight excluding hydrogens is 462 g/mol. The topological polar surface area (TPSA) is 80.6 Å². The van der Waals surface area contributed by atoms with E-state index >= 15 is 0 Å². The van der Waals surface area contributed by atoms with Crippen molar-refractivity contribution in [2.45, 2.75) is 13.0 Å². The number of halogens is 1. The first kappa shape index (κ1) is 23.1. The molecule has 1 saturated heterocycles. The summed E-state index contributed by atoms with van der Waals surface area (Å²) in [6, 6.07) is 14.2. The number of nitrogens with one attached hydrogen (secondary N) is 1. The highest BCUT2D eigenvalue weighted by atomic mass is 35.5. The minimum atomic E-state index is -0.389. The number of carbonyl (C=O) groups excluding carboxylic acids is 3. The predicted octanol–water partition coefficient (Wildman–Crippen LogP) is 4.69. The highest BCUT2D eigenvalue weighted by Crippen LogP contribution is 2.37. The molecule has 1 aromatic heterocycles. The first-order chi connectivity index (χ1) is 16.0. The molecule has 0 aliphatic carbocycles. The number of anilines is 1. The summed E-state index contributed by atoms with van der Waals surface area (Å²) in [6.07, 6.45) is 4.27. The Morgan fingerprint density at radius 1 is 1.15 bits per heavy atom. The highest BCUT2D eigenvalue weighted by Gasteiger charge is 2.36. The number of fused-ring (bicyclic) bond motifs is 1. The molecule has 3 amide bonds. The fraction of sp³-hybridized carbons (Fsp3) is 0.208. The number of imide groups is 1. The number of carbonyl (C=O) groups is 3. The number of methoxy groups -OCH3 is 1. The molecule has 0 atom stereocenters. The predicted molar refractivity (Wildman–Crippen MR) is 131 cm³/mol.